The molecule has 0 aliphatic carbocycles. The Bertz CT molecular complexity index is 977. The maximum atomic E-state index is 12.4. The third-order valence-corrected chi connectivity index (χ3v) is 5.14. The number of thiophene rings is 1. The number of esters is 1. The number of nitrogens with two attached hydrogens (primary N) is 1. The average molecular weight is 409 g/mol. The van der Waals surface area contributed by atoms with Gasteiger partial charge >= 0.3 is 11.7 Å². The Balaban J connectivity index is 2.33. The van der Waals surface area contributed by atoms with Crippen LogP contribution < -0.4 is 11.1 Å². The van der Waals surface area contributed by atoms with E-state index in [0.717, 1.165) is 11.3 Å². The third-order valence-electron chi connectivity index (χ3n) is 3.92. The molecule has 0 spiro atoms. The van der Waals surface area contributed by atoms with Gasteiger partial charge in [-0.05, 0) is 33.3 Å². The molecular weight excluding hydrogens is 390 g/mol. The molecule has 0 fully saturated rings. The van der Waals surface area contributed by atoms with Crippen molar-refractivity contribution in [2.24, 2.45) is 5.73 Å². The van der Waals surface area contributed by atoms with Crippen LogP contribution in [-0.4, -0.2) is 39.1 Å². The number of hydrogen-bond donors (Lipinski definition) is 2. The number of ether oxygens (including phenoxy) is 1. The van der Waals surface area contributed by atoms with Gasteiger partial charge in [0.25, 0.3) is 5.91 Å². The number of nitrogens with one attached hydrogen (secondary N) is 1. The maximum absolute atomic E-state index is 12.4. The summed E-state index contributed by atoms with van der Waals surface area (Å²) in [6.45, 7) is 5.91. The molecule has 2 aromatic heterocycles. The molecule has 2 rings (SSSR count). The lowest BCUT2D eigenvalue weighted by atomic mass is 10.1. The van der Waals surface area contributed by atoms with Gasteiger partial charge in [0.1, 0.15) is 22.9 Å². The van der Waals surface area contributed by atoms with Crippen LogP contribution in [0.4, 0.5) is 10.7 Å². The third kappa shape index (κ3) is 4.01. The maximum Gasteiger partial charge on any atom is 0.341 e. The summed E-state index contributed by atoms with van der Waals surface area (Å²) >= 11 is 0.860. The van der Waals surface area contributed by atoms with E-state index < -0.39 is 22.7 Å². The summed E-state index contributed by atoms with van der Waals surface area (Å²) in [6.07, 6.45) is 0. The zero-order valence-corrected chi connectivity index (χ0v) is 16.5. The van der Waals surface area contributed by atoms with Crippen molar-refractivity contribution < 1.29 is 24.0 Å². The molecule has 11 nitrogen and oxygen atoms in total. The zero-order chi connectivity index (χ0) is 21.2. The van der Waals surface area contributed by atoms with E-state index in [2.05, 4.69) is 10.4 Å². The number of carbonyl (C=O) groups is 3. The molecular formula is C16H19N5O6S. The van der Waals surface area contributed by atoms with Gasteiger partial charge in [0.15, 0.2) is 0 Å². The molecule has 0 bridgehead atoms. The van der Waals surface area contributed by atoms with E-state index in [1.165, 1.54) is 25.5 Å². The molecule has 0 unspecified atom stereocenters. The van der Waals surface area contributed by atoms with Gasteiger partial charge < -0.3 is 15.8 Å². The SMILES string of the molecule is CCOC(=O)c1c(NC(=O)Cn2nc(C)c([N+](=O)[O-])c2C)sc(C(N)=O)c1C. The van der Waals surface area contributed by atoms with Gasteiger partial charge in [-0.25, -0.2) is 4.79 Å². The molecule has 150 valence electrons. The van der Waals surface area contributed by atoms with Gasteiger partial charge in [0.05, 0.1) is 22.0 Å². The Morgan fingerprint density at radius 1 is 1.32 bits per heavy atom. The molecule has 0 atom stereocenters. The molecule has 0 aromatic carbocycles. The van der Waals surface area contributed by atoms with E-state index in [-0.39, 0.29) is 45.7 Å². The van der Waals surface area contributed by atoms with Crippen LogP contribution in [-0.2, 0) is 16.1 Å². The lowest BCUT2D eigenvalue weighted by Gasteiger charge is -2.08. The number of nitro groups is 1. The fourth-order valence-corrected chi connectivity index (χ4v) is 3.76. The predicted octanol–water partition coefficient (Wildman–Crippen LogP) is 1.69. The van der Waals surface area contributed by atoms with Gasteiger partial charge in [-0.2, -0.15) is 5.10 Å². The van der Waals surface area contributed by atoms with Crippen molar-refractivity contribution in [1.29, 1.82) is 0 Å². The van der Waals surface area contributed by atoms with Gasteiger partial charge in [-0.1, -0.05) is 0 Å². The molecule has 2 amide bonds. The smallest absolute Gasteiger partial charge is 0.341 e. The van der Waals surface area contributed by atoms with Crippen LogP contribution in [0.15, 0.2) is 0 Å². The highest BCUT2D eigenvalue weighted by Crippen LogP contribution is 2.33. The van der Waals surface area contributed by atoms with E-state index >= 15 is 0 Å². The first-order chi connectivity index (χ1) is 13.1. The standard InChI is InChI=1S/C16H19N5O6S/c1-5-27-16(24)11-7(2)13(14(17)23)28-15(11)18-10(22)6-20-9(4)12(21(25)26)8(3)19-20/h5-6H2,1-4H3,(H2,17,23)(H,18,22). The van der Waals surface area contributed by atoms with Gasteiger partial charge in [-0.3, -0.25) is 24.4 Å². The van der Waals surface area contributed by atoms with Crippen molar-refractivity contribution in [3.8, 4) is 0 Å². The van der Waals surface area contributed by atoms with Gasteiger partial charge in [-0.15, -0.1) is 11.3 Å². The Kier molecular flexibility index (Phi) is 6.13. The summed E-state index contributed by atoms with van der Waals surface area (Å²) < 4.78 is 6.18. The number of amides is 2. The van der Waals surface area contributed by atoms with Crippen LogP contribution in [0, 0.1) is 30.9 Å². The van der Waals surface area contributed by atoms with Crippen LogP contribution in [0.1, 0.15) is 43.9 Å². The van der Waals surface area contributed by atoms with Crippen molar-refractivity contribution in [3.05, 3.63) is 37.5 Å². The lowest BCUT2D eigenvalue weighted by Crippen LogP contribution is -2.21. The number of rotatable bonds is 7. The van der Waals surface area contributed by atoms with Crippen molar-refractivity contribution in [3.63, 3.8) is 0 Å². The minimum atomic E-state index is -0.734. The first-order valence-corrected chi connectivity index (χ1v) is 8.98. The molecule has 0 aliphatic rings. The second kappa shape index (κ2) is 8.17. The Hall–Kier alpha value is -3.28. The quantitative estimate of drug-likeness (QED) is 0.400. The van der Waals surface area contributed by atoms with Crippen LogP contribution in [0.3, 0.4) is 0 Å². The first kappa shape index (κ1) is 21.0. The highest BCUT2D eigenvalue weighted by molar-refractivity contribution is 7.18. The van der Waals surface area contributed by atoms with Crippen LogP contribution in [0.25, 0.3) is 0 Å². The normalized spacial score (nSPS) is 10.6. The second-order valence-corrected chi connectivity index (χ2v) is 6.85. The Morgan fingerprint density at radius 3 is 2.46 bits per heavy atom. The van der Waals surface area contributed by atoms with Crippen molar-refractivity contribution in [1.82, 2.24) is 9.78 Å². The number of primary amides is 1. The number of carbonyl (C=O) groups excluding carboxylic acids is 3. The molecule has 2 heterocycles. The number of anilines is 1. The van der Waals surface area contributed by atoms with Gasteiger partial charge in [0, 0.05) is 0 Å². The highest BCUT2D eigenvalue weighted by Gasteiger charge is 2.27. The first-order valence-electron chi connectivity index (χ1n) is 8.16. The molecule has 0 saturated heterocycles. The molecule has 0 aliphatic heterocycles. The minimum absolute atomic E-state index is 0.0494. The highest BCUT2D eigenvalue weighted by atomic mass is 32.1. The number of aromatic nitrogens is 2. The molecule has 3 N–H and O–H groups in total. The molecule has 2 aromatic rings. The lowest BCUT2D eigenvalue weighted by molar-refractivity contribution is -0.386. The monoisotopic (exact) mass is 409 g/mol. The molecule has 0 saturated carbocycles. The Morgan fingerprint density at radius 2 is 1.96 bits per heavy atom. The fourth-order valence-electron chi connectivity index (χ4n) is 2.69. The topological polar surface area (TPSA) is 159 Å². The van der Waals surface area contributed by atoms with E-state index in [1.54, 1.807) is 6.92 Å². The minimum Gasteiger partial charge on any atom is -0.462 e. The second-order valence-electron chi connectivity index (χ2n) is 5.83. The number of hydrogen-bond acceptors (Lipinski definition) is 8. The van der Waals surface area contributed by atoms with Crippen molar-refractivity contribution in [2.45, 2.75) is 34.2 Å². The fraction of sp³-hybridized carbons (Fsp3) is 0.375. The van der Waals surface area contributed by atoms with E-state index in [1.807, 2.05) is 0 Å². The summed E-state index contributed by atoms with van der Waals surface area (Å²) in [7, 11) is 0. The molecule has 28 heavy (non-hydrogen) atoms. The van der Waals surface area contributed by atoms with Crippen LogP contribution in [0.2, 0.25) is 0 Å². The predicted molar refractivity (Wildman–Crippen MR) is 101 cm³/mol. The van der Waals surface area contributed by atoms with Crippen molar-refractivity contribution >= 4 is 39.8 Å². The van der Waals surface area contributed by atoms with Crippen LogP contribution >= 0.6 is 11.3 Å². The van der Waals surface area contributed by atoms with E-state index in [4.69, 9.17) is 10.5 Å². The largest absolute Gasteiger partial charge is 0.462 e. The summed E-state index contributed by atoms with van der Waals surface area (Å²) in [5, 5.41) is 17.7. The average Bonchev–Trinajstić information content (AvgIpc) is 3.04. The summed E-state index contributed by atoms with van der Waals surface area (Å²) in [5.41, 5.74) is 5.93. The van der Waals surface area contributed by atoms with Crippen LogP contribution in [0.5, 0.6) is 0 Å². The summed E-state index contributed by atoms with van der Waals surface area (Å²) in [6, 6.07) is 0. The number of aryl methyl sites for hydroxylation is 1. The van der Waals surface area contributed by atoms with Crippen molar-refractivity contribution in [2.75, 3.05) is 11.9 Å². The zero-order valence-electron chi connectivity index (χ0n) is 15.7. The molecule has 0 radical (unpaired) electrons. The van der Waals surface area contributed by atoms with E-state index in [0.29, 0.717) is 5.56 Å². The number of nitrogens with zero attached hydrogens (tertiary/aromatic N) is 3. The summed E-state index contributed by atoms with van der Waals surface area (Å²) in [5.74, 6) is -2.01. The Labute approximate surface area is 163 Å². The van der Waals surface area contributed by atoms with E-state index in [9.17, 15) is 24.5 Å². The molecule has 12 heteroatoms. The summed E-state index contributed by atoms with van der Waals surface area (Å²) in [4.78, 5) is 46.9. The van der Waals surface area contributed by atoms with Gasteiger partial charge in [0.2, 0.25) is 5.91 Å².